The second-order valence-electron chi connectivity index (χ2n) is 5.12. The molecule has 3 N–H and O–H groups in total. The molecule has 0 aliphatic carbocycles. The molecule has 0 saturated heterocycles. The highest BCUT2D eigenvalue weighted by Gasteiger charge is 2.15. The molecule has 0 fully saturated rings. The van der Waals surface area contributed by atoms with Crippen LogP contribution >= 0.6 is 35.0 Å². The third-order valence-corrected chi connectivity index (χ3v) is 4.88. The number of nitrogens with zero attached hydrogens (tertiary/aromatic N) is 3. The van der Waals surface area contributed by atoms with Crippen molar-refractivity contribution in [2.24, 2.45) is 0 Å². The van der Waals surface area contributed by atoms with Crippen LogP contribution in [0, 0.1) is 5.82 Å². The second kappa shape index (κ2) is 7.94. The Balaban J connectivity index is 1.66. The lowest BCUT2D eigenvalue weighted by Crippen LogP contribution is -2.16. The standard InChI is InChI=1S/C16H12Cl2FN5OS/c17-11-4-2-1-3-10(11)15-22-23-16(24(15)20)26-8-14(25)21-9-5-6-13(19)12(18)7-9/h1-7H,8,20H2,(H,21,25). The van der Waals surface area contributed by atoms with Crippen LogP contribution in [0.25, 0.3) is 11.4 Å². The third-order valence-electron chi connectivity index (χ3n) is 3.32. The smallest absolute Gasteiger partial charge is 0.234 e. The zero-order chi connectivity index (χ0) is 18.7. The number of hydrogen-bond acceptors (Lipinski definition) is 5. The summed E-state index contributed by atoms with van der Waals surface area (Å²) < 4.78 is 14.4. The molecule has 26 heavy (non-hydrogen) atoms. The SMILES string of the molecule is Nn1c(SCC(=O)Nc2ccc(F)c(Cl)c2)nnc1-c1ccccc1Cl. The van der Waals surface area contributed by atoms with Gasteiger partial charge in [0.05, 0.1) is 15.8 Å². The molecular formula is C16H12Cl2FN5OS. The summed E-state index contributed by atoms with van der Waals surface area (Å²) in [5, 5.41) is 11.4. The van der Waals surface area contributed by atoms with Gasteiger partial charge in [0.25, 0.3) is 0 Å². The molecular weight excluding hydrogens is 400 g/mol. The summed E-state index contributed by atoms with van der Waals surface area (Å²) in [6.07, 6.45) is 0. The van der Waals surface area contributed by atoms with Gasteiger partial charge in [0, 0.05) is 11.3 Å². The number of amides is 1. The van der Waals surface area contributed by atoms with Gasteiger partial charge in [-0.05, 0) is 30.3 Å². The van der Waals surface area contributed by atoms with Crippen molar-refractivity contribution in [3.8, 4) is 11.4 Å². The monoisotopic (exact) mass is 411 g/mol. The maximum Gasteiger partial charge on any atom is 0.234 e. The Morgan fingerprint density at radius 1 is 1.19 bits per heavy atom. The van der Waals surface area contributed by atoms with E-state index in [9.17, 15) is 9.18 Å². The van der Waals surface area contributed by atoms with Gasteiger partial charge in [-0.3, -0.25) is 4.79 Å². The summed E-state index contributed by atoms with van der Waals surface area (Å²) in [7, 11) is 0. The van der Waals surface area contributed by atoms with Gasteiger partial charge in [-0.15, -0.1) is 10.2 Å². The van der Waals surface area contributed by atoms with Crippen molar-refractivity contribution in [3.05, 3.63) is 58.3 Å². The van der Waals surface area contributed by atoms with Crippen molar-refractivity contribution in [2.45, 2.75) is 5.16 Å². The van der Waals surface area contributed by atoms with Crippen LogP contribution in [0.5, 0.6) is 0 Å². The topological polar surface area (TPSA) is 85.8 Å². The largest absolute Gasteiger partial charge is 0.335 e. The fourth-order valence-corrected chi connectivity index (χ4v) is 3.16. The average molecular weight is 412 g/mol. The summed E-state index contributed by atoms with van der Waals surface area (Å²) in [6, 6.07) is 11.0. The Bertz CT molecular complexity index is 966. The van der Waals surface area contributed by atoms with Gasteiger partial charge < -0.3 is 11.2 Å². The minimum Gasteiger partial charge on any atom is -0.335 e. The Labute approximate surface area is 162 Å². The van der Waals surface area contributed by atoms with E-state index in [0.717, 1.165) is 11.8 Å². The van der Waals surface area contributed by atoms with Crippen molar-refractivity contribution in [1.29, 1.82) is 0 Å². The molecule has 2 aromatic carbocycles. The van der Waals surface area contributed by atoms with E-state index in [4.69, 9.17) is 29.0 Å². The molecule has 0 aliphatic rings. The van der Waals surface area contributed by atoms with Crippen LogP contribution in [0.3, 0.4) is 0 Å². The Kier molecular flexibility index (Phi) is 5.65. The molecule has 0 radical (unpaired) electrons. The molecule has 0 aliphatic heterocycles. The van der Waals surface area contributed by atoms with Crippen molar-refractivity contribution in [3.63, 3.8) is 0 Å². The van der Waals surface area contributed by atoms with Gasteiger partial charge in [0.2, 0.25) is 11.1 Å². The van der Waals surface area contributed by atoms with E-state index in [1.54, 1.807) is 18.2 Å². The number of hydrogen-bond donors (Lipinski definition) is 2. The van der Waals surface area contributed by atoms with Crippen molar-refractivity contribution in [1.82, 2.24) is 14.9 Å². The van der Waals surface area contributed by atoms with E-state index in [2.05, 4.69) is 15.5 Å². The number of anilines is 1. The molecule has 0 bridgehead atoms. The molecule has 1 aromatic heterocycles. The fourth-order valence-electron chi connectivity index (χ4n) is 2.10. The molecule has 0 spiro atoms. The van der Waals surface area contributed by atoms with Crippen molar-refractivity contribution < 1.29 is 9.18 Å². The number of nitrogen functional groups attached to an aromatic ring is 1. The molecule has 0 saturated carbocycles. The lowest BCUT2D eigenvalue weighted by molar-refractivity contribution is -0.113. The summed E-state index contributed by atoms with van der Waals surface area (Å²) >= 11 is 12.9. The number of aromatic nitrogens is 3. The molecule has 10 heteroatoms. The van der Waals surface area contributed by atoms with Crippen LogP contribution in [0.4, 0.5) is 10.1 Å². The number of thioether (sulfide) groups is 1. The molecule has 1 heterocycles. The second-order valence-corrected chi connectivity index (χ2v) is 6.88. The van der Waals surface area contributed by atoms with E-state index in [1.165, 1.54) is 22.9 Å². The van der Waals surface area contributed by atoms with Crippen molar-refractivity contribution in [2.75, 3.05) is 16.9 Å². The van der Waals surface area contributed by atoms with Crippen LogP contribution in [-0.2, 0) is 4.79 Å². The molecule has 1 amide bonds. The first-order valence-electron chi connectivity index (χ1n) is 7.29. The zero-order valence-electron chi connectivity index (χ0n) is 13.1. The Morgan fingerprint density at radius 2 is 1.96 bits per heavy atom. The minimum absolute atomic E-state index is 0.0346. The molecule has 3 rings (SSSR count). The summed E-state index contributed by atoms with van der Waals surface area (Å²) in [6.45, 7) is 0. The van der Waals surface area contributed by atoms with E-state index >= 15 is 0 Å². The minimum atomic E-state index is -0.553. The average Bonchev–Trinajstić information content (AvgIpc) is 2.97. The molecule has 3 aromatic rings. The van der Waals surface area contributed by atoms with Gasteiger partial charge in [0.15, 0.2) is 5.82 Å². The van der Waals surface area contributed by atoms with Gasteiger partial charge in [-0.2, -0.15) is 0 Å². The highest BCUT2D eigenvalue weighted by molar-refractivity contribution is 7.99. The molecule has 134 valence electrons. The zero-order valence-corrected chi connectivity index (χ0v) is 15.4. The van der Waals surface area contributed by atoms with Gasteiger partial charge >= 0.3 is 0 Å². The first kappa shape index (κ1) is 18.5. The fraction of sp³-hybridized carbons (Fsp3) is 0.0625. The van der Waals surface area contributed by atoms with Gasteiger partial charge in [-0.25, -0.2) is 9.07 Å². The Morgan fingerprint density at radius 3 is 2.69 bits per heavy atom. The number of nitrogens with two attached hydrogens (primary N) is 1. The first-order valence-corrected chi connectivity index (χ1v) is 9.03. The molecule has 0 atom stereocenters. The maximum absolute atomic E-state index is 13.1. The number of halogens is 3. The van der Waals surface area contributed by atoms with E-state index in [0.29, 0.717) is 27.3 Å². The predicted molar refractivity (Wildman–Crippen MR) is 101 cm³/mol. The summed E-state index contributed by atoms with van der Waals surface area (Å²) in [5.74, 6) is 5.56. The lowest BCUT2D eigenvalue weighted by Gasteiger charge is -2.06. The number of benzene rings is 2. The summed E-state index contributed by atoms with van der Waals surface area (Å²) in [4.78, 5) is 12.0. The van der Waals surface area contributed by atoms with Crippen LogP contribution in [0.15, 0.2) is 47.6 Å². The molecule has 0 unspecified atom stereocenters. The van der Waals surface area contributed by atoms with Crippen LogP contribution < -0.4 is 11.2 Å². The van der Waals surface area contributed by atoms with Crippen molar-refractivity contribution >= 4 is 46.6 Å². The highest BCUT2D eigenvalue weighted by Crippen LogP contribution is 2.27. The van der Waals surface area contributed by atoms with Gasteiger partial charge in [-0.1, -0.05) is 47.1 Å². The number of rotatable bonds is 5. The van der Waals surface area contributed by atoms with E-state index in [-0.39, 0.29) is 16.7 Å². The number of carbonyl (C=O) groups is 1. The lowest BCUT2D eigenvalue weighted by atomic mass is 10.2. The van der Waals surface area contributed by atoms with Crippen LogP contribution in [0.2, 0.25) is 10.0 Å². The molecule has 6 nitrogen and oxygen atoms in total. The van der Waals surface area contributed by atoms with E-state index in [1.807, 2.05) is 6.07 Å². The first-order chi connectivity index (χ1) is 12.5. The number of nitrogens with one attached hydrogen (secondary N) is 1. The highest BCUT2D eigenvalue weighted by atomic mass is 35.5. The van der Waals surface area contributed by atoms with E-state index < -0.39 is 5.82 Å². The third kappa shape index (κ3) is 4.09. The predicted octanol–water partition coefficient (Wildman–Crippen LogP) is 3.84. The van der Waals surface area contributed by atoms with Crippen LogP contribution in [0.1, 0.15) is 0 Å². The Hall–Kier alpha value is -2.29. The number of carbonyl (C=O) groups excluding carboxylic acids is 1. The normalized spacial score (nSPS) is 10.7. The maximum atomic E-state index is 13.1. The summed E-state index contributed by atoms with van der Waals surface area (Å²) in [5.41, 5.74) is 1.04. The van der Waals surface area contributed by atoms with Crippen LogP contribution in [-0.4, -0.2) is 26.5 Å². The quantitative estimate of drug-likeness (QED) is 0.491. The van der Waals surface area contributed by atoms with Gasteiger partial charge in [0.1, 0.15) is 5.82 Å².